The molecule has 2 rings (SSSR count). The normalized spacial score (nSPS) is 10.2. The van der Waals surface area contributed by atoms with Crippen LogP contribution in [0.3, 0.4) is 0 Å². The summed E-state index contributed by atoms with van der Waals surface area (Å²) in [7, 11) is 0. The van der Waals surface area contributed by atoms with Crippen molar-refractivity contribution in [2.75, 3.05) is 5.73 Å². The molecule has 1 aromatic carbocycles. The topological polar surface area (TPSA) is 85.4 Å². The van der Waals surface area contributed by atoms with Crippen molar-refractivity contribution >= 4 is 11.7 Å². The zero-order valence-electron chi connectivity index (χ0n) is 9.43. The quantitative estimate of drug-likeness (QED) is 0.891. The van der Waals surface area contributed by atoms with Crippen LogP contribution in [0.4, 0.5) is 14.5 Å². The number of nitrogens with zero attached hydrogens (tertiary/aromatic N) is 1. The van der Waals surface area contributed by atoms with Gasteiger partial charge in [0, 0.05) is 12.3 Å². The molecule has 0 aliphatic heterocycles. The van der Waals surface area contributed by atoms with Crippen LogP contribution in [0.15, 0.2) is 30.5 Å². The minimum absolute atomic E-state index is 0.00109. The molecule has 0 fully saturated rings. The number of carbonyl (C=O) groups is 1. The number of carboxylic acids is 1. The van der Waals surface area contributed by atoms with Gasteiger partial charge in [-0.25, -0.2) is 18.6 Å². The first-order valence-corrected chi connectivity index (χ1v) is 5.09. The number of aromatic carboxylic acids is 1. The molecule has 2 aromatic rings. The first-order valence-electron chi connectivity index (χ1n) is 5.09. The van der Waals surface area contributed by atoms with Crippen LogP contribution in [0.5, 0.6) is 11.6 Å². The molecule has 7 heteroatoms. The number of pyridine rings is 1. The lowest BCUT2D eigenvalue weighted by Gasteiger charge is -2.07. The van der Waals surface area contributed by atoms with Gasteiger partial charge in [0.1, 0.15) is 5.75 Å². The van der Waals surface area contributed by atoms with Crippen molar-refractivity contribution in [1.82, 2.24) is 4.98 Å². The highest BCUT2D eigenvalue weighted by molar-refractivity contribution is 5.88. The van der Waals surface area contributed by atoms with Gasteiger partial charge < -0.3 is 15.6 Å². The lowest BCUT2D eigenvalue weighted by atomic mass is 10.2. The van der Waals surface area contributed by atoms with Gasteiger partial charge in [0.2, 0.25) is 5.88 Å². The Morgan fingerprint density at radius 3 is 2.58 bits per heavy atom. The molecule has 0 amide bonds. The molecule has 3 N–H and O–H groups in total. The van der Waals surface area contributed by atoms with Crippen LogP contribution >= 0.6 is 0 Å². The standard InChI is InChI=1S/C12H8F2N2O3/c13-8-2-1-7(4-9(8)14)19-11-10(15)3-6(5-16-11)12(17)18/h1-5H,15H2,(H,17,18). The van der Waals surface area contributed by atoms with Crippen molar-refractivity contribution in [3.05, 3.63) is 47.7 Å². The summed E-state index contributed by atoms with van der Waals surface area (Å²) in [6.07, 6.45) is 1.05. The van der Waals surface area contributed by atoms with Crippen LogP contribution < -0.4 is 10.5 Å². The van der Waals surface area contributed by atoms with E-state index in [1.165, 1.54) is 6.07 Å². The van der Waals surface area contributed by atoms with Gasteiger partial charge in [-0.2, -0.15) is 0 Å². The summed E-state index contributed by atoms with van der Waals surface area (Å²) in [5.74, 6) is -3.34. The van der Waals surface area contributed by atoms with Crippen LogP contribution in [-0.2, 0) is 0 Å². The van der Waals surface area contributed by atoms with E-state index in [-0.39, 0.29) is 22.9 Å². The minimum atomic E-state index is -1.18. The summed E-state index contributed by atoms with van der Waals surface area (Å²) < 4.78 is 30.8. The fourth-order valence-electron chi connectivity index (χ4n) is 1.32. The third kappa shape index (κ3) is 2.76. The lowest BCUT2D eigenvalue weighted by molar-refractivity contribution is 0.0696. The van der Waals surface area contributed by atoms with E-state index in [0.717, 1.165) is 24.4 Å². The average Bonchev–Trinajstić information content (AvgIpc) is 2.36. The molecule has 0 aliphatic rings. The predicted octanol–water partition coefficient (Wildman–Crippen LogP) is 2.43. The third-order valence-corrected chi connectivity index (χ3v) is 2.23. The van der Waals surface area contributed by atoms with Gasteiger partial charge in [-0.05, 0) is 18.2 Å². The number of halogens is 2. The number of carboxylic acid groups (broad SMARTS) is 1. The highest BCUT2D eigenvalue weighted by atomic mass is 19.2. The number of nitrogens with two attached hydrogens (primary N) is 1. The molecular formula is C12H8F2N2O3. The Morgan fingerprint density at radius 2 is 2.00 bits per heavy atom. The molecule has 0 spiro atoms. The smallest absolute Gasteiger partial charge is 0.337 e. The van der Waals surface area contributed by atoms with Gasteiger partial charge in [-0.15, -0.1) is 0 Å². The molecule has 19 heavy (non-hydrogen) atoms. The van der Waals surface area contributed by atoms with Gasteiger partial charge >= 0.3 is 5.97 Å². The van der Waals surface area contributed by atoms with Crippen LogP contribution in [0, 0.1) is 11.6 Å². The molecule has 5 nitrogen and oxygen atoms in total. The van der Waals surface area contributed by atoms with Crippen molar-refractivity contribution in [3.63, 3.8) is 0 Å². The first-order chi connectivity index (χ1) is 8.97. The molecule has 0 unspecified atom stereocenters. The summed E-state index contributed by atoms with van der Waals surface area (Å²) in [5.41, 5.74) is 5.43. The van der Waals surface area contributed by atoms with Crippen molar-refractivity contribution in [3.8, 4) is 11.6 Å². The Hall–Kier alpha value is -2.70. The first kappa shape index (κ1) is 12.7. The Kier molecular flexibility index (Phi) is 3.28. The van der Waals surface area contributed by atoms with E-state index >= 15 is 0 Å². The summed E-state index contributed by atoms with van der Waals surface area (Å²) in [6.45, 7) is 0. The van der Waals surface area contributed by atoms with Crippen LogP contribution in [0.1, 0.15) is 10.4 Å². The summed E-state index contributed by atoms with van der Waals surface area (Å²) >= 11 is 0. The maximum atomic E-state index is 13.0. The molecule has 0 saturated carbocycles. The number of hydrogen-bond acceptors (Lipinski definition) is 4. The van der Waals surface area contributed by atoms with E-state index in [4.69, 9.17) is 15.6 Å². The molecule has 98 valence electrons. The number of anilines is 1. The maximum Gasteiger partial charge on any atom is 0.337 e. The molecule has 1 aromatic heterocycles. The van der Waals surface area contributed by atoms with Gasteiger partial charge in [-0.3, -0.25) is 0 Å². The molecule has 0 bridgehead atoms. The second-order valence-electron chi connectivity index (χ2n) is 3.60. The van der Waals surface area contributed by atoms with Crippen molar-refractivity contribution in [1.29, 1.82) is 0 Å². The summed E-state index contributed by atoms with van der Waals surface area (Å²) in [6, 6.07) is 4.09. The van der Waals surface area contributed by atoms with Crippen molar-refractivity contribution < 1.29 is 23.4 Å². The van der Waals surface area contributed by atoms with Crippen LogP contribution in [0.25, 0.3) is 0 Å². The molecule has 0 radical (unpaired) electrons. The van der Waals surface area contributed by atoms with E-state index in [1.807, 2.05) is 0 Å². The number of rotatable bonds is 3. The number of aromatic nitrogens is 1. The van der Waals surface area contributed by atoms with Gasteiger partial charge in [0.05, 0.1) is 11.3 Å². The molecule has 0 aliphatic carbocycles. The fraction of sp³-hybridized carbons (Fsp3) is 0. The Morgan fingerprint density at radius 1 is 1.26 bits per heavy atom. The monoisotopic (exact) mass is 266 g/mol. The SMILES string of the molecule is Nc1cc(C(=O)O)cnc1Oc1ccc(F)c(F)c1. The fourth-order valence-corrected chi connectivity index (χ4v) is 1.32. The van der Waals surface area contributed by atoms with E-state index in [0.29, 0.717) is 0 Å². The summed E-state index contributed by atoms with van der Waals surface area (Å²) in [4.78, 5) is 14.4. The van der Waals surface area contributed by atoms with Gasteiger partial charge in [0.25, 0.3) is 0 Å². The average molecular weight is 266 g/mol. The number of ether oxygens (including phenoxy) is 1. The second kappa shape index (κ2) is 4.89. The van der Waals surface area contributed by atoms with Crippen LogP contribution in [-0.4, -0.2) is 16.1 Å². The summed E-state index contributed by atoms with van der Waals surface area (Å²) in [5, 5.41) is 8.73. The van der Waals surface area contributed by atoms with E-state index in [1.54, 1.807) is 0 Å². The number of hydrogen-bond donors (Lipinski definition) is 2. The van der Waals surface area contributed by atoms with Gasteiger partial charge in [0.15, 0.2) is 11.6 Å². The van der Waals surface area contributed by atoms with Crippen LogP contribution in [0.2, 0.25) is 0 Å². The number of benzene rings is 1. The third-order valence-electron chi connectivity index (χ3n) is 2.23. The van der Waals surface area contributed by atoms with Crippen molar-refractivity contribution in [2.24, 2.45) is 0 Å². The highest BCUT2D eigenvalue weighted by Crippen LogP contribution is 2.26. The lowest BCUT2D eigenvalue weighted by Crippen LogP contribution is -2.02. The van der Waals surface area contributed by atoms with Crippen molar-refractivity contribution in [2.45, 2.75) is 0 Å². The maximum absolute atomic E-state index is 13.0. The van der Waals surface area contributed by atoms with Gasteiger partial charge in [-0.1, -0.05) is 0 Å². The van der Waals surface area contributed by atoms with E-state index in [2.05, 4.69) is 4.98 Å². The van der Waals surface area contributed by atoms with E-state index in [9.17, 15) is 13.6 Å². The second-order valence-corrected chi connectivity index (χ2v) is 3.60. The molecule has 0 atom stereocenters. The minimum Gasteiger partial charge on any atom is -0.478 e. The zero-order valence-corrected chi connectivity index (χ0v) is 9.43. The predicted molar refractivity (Wildman–Crippen MR) is 62.0 cm³/mol. The molecular weight excluding hydrogens is 258 g/mol. The van der Waals surface area contributed by atoms with E-state index < -0.39 is 17.6 Å². The zero-order chi connectivity index (χ0) is 14.0. The molecule has 0 saturated heterocycles. The largest absolute Gasteiger partial charge is 0.478 e. The Labute approximate surface area is 106 Å². The highest BCUT2D eigenvalue weighted by Gasteiger charge is 2.10. The Bertz CT molecular complexity index is 647. The Balaban J connectivity index is 2.28. The molecule has 1 heterocycles. The number of nitrogen functional groups attached to an aromatic ring is 1.